The van der Waals surface area contributed by atoms with Crippen LogP contribution in [0.3, 0.4) is 0 Å². The van der Waals surface area contributed by atoms with Crippen LogP contribution in [0.2, 0.25) is 0 Å². The van der Waals surface area contributed by atoms with E-state index in [2.05, 4.69) is 4.99 Å². The molecule has 2 aliphatic rings. The molecule has 6 rings (SSSR count). The molecular weight excluding hydrogens is 551 g/mol. The van der Waals surface area contributed by atoms with Gasteiger partial charge in [0.25, 0.3) is 20.0 Å². The van der Waals surface area contributed by atoms with E-state index in [1.165, 1.54) is 47.7 Å². The highest BCUT2D eigenvalue weighted by Gasteiger charge is 2.47. The molecule has 0 saturated heterocycles. The Morgan fingerprint density at radius 1 is 0.775 bits per heavy atom. The van der Waals surface area contributed by atoms with Crippen molar-refractivity contribution in [1.29, 1.82) is 0 Å². The van der Waals surface area contributed by atoms with Gasteiger partial charge in [0.1, 0.15) is 12.2 Å². The Morgan fingerprint density at radius 3 is 2.02 bits per heavy atom. The first-order chi connectivity index (χ1) is 19.1. The third-order valence-electron chi connectivity index (χ3n) is 7.02. The largest absolute Gasteiger partial charge is 0.266 e. The second-order valence-electron chi connectivity index (χ2n) is 9.74. The van der Waals surface area contributed by atoms with Crippen molar-refractivity contribution in [3.05, 3.63) is 119 Å². The molecule has 4 aromatic carbocycles. The van der Waals surface area contributed by atoms with Crippen molar-refractivity contribution in [3.8, 4) is 0 Å². The minimum atomic E-state index is -4.34. The highest BCUT2D eigenvalue weighted by molar-refractivity contribution is 7.93. The van der Waals surface area contributed by atoms with Gasteiger partial charge in [0.05, 0.1) is 27.7 Å². The van der Waals surface area contributed by atoms with Crippen LogP contribution in [0.15, 0.2) is 106 Å². The number of aryl methyl sites for hydroxylation is 2. The van der Waals surface area contributed by atoms with Crippen molar-refractivity contribution in [1.82, 2.24) is 9.42 Å². The van der Waals surface area contributed by atoms with Gasteiger partial charge in [-0.05, 0) is 61.9 Å². The Kier molecular flexibility index (Phi) is 6.25. The number of sulfonamides is 2. The van der Waals surface area contributed by atoms with Crippen molar-refractivity contribution in [2.24, 2.45) is 4.99 Å². The van der Waals surface area contributed by atoms with Crippen molar-refractivity contribution in [2.75, 3.05) is 4.31 Å². The third-order valence-corrected chi connectivity index (χ3v) is 10.5. The Hall–Kier alpha value is -4.06. The predicted octanol–water partition coefficient (Wildman–Crippen LogP) is 5.43. The van der Waals surface area contributed by atoms with Crippen LogP contribution in [0, 0.1) is 19.7 Å². The summed E-state index contributed by atoms with van der Waals surface area (Å²) in [7, 11) is -8.56. The molecule has 0 aromatic heterocycles. The molecule has 0 aliphatic carbocycles. The summed E-state index contributed by atoms with van der Waals surface area (Å²) in [5, 5.41) is 1.31. The standard InChI is InChI=1S/C29H25FN4O4S2/c1-20-7-13-24(14-8-20)39(35,36)33-18-22-11-12-23(30)17-28(22)34(40(37,38)25-15-9-21(2)10-16-25)29-26-5-3-4-6-27(26)31-19-32(29)33/h3-17,19,29H,18H2,1-2H3/t29-/m1/s1. The van der Waals surface area contributed by atoms with E-state index in [0.29, 0.717) is 16.8 Å². The van der Waals surface area contributed by atoms with E-state index in [4.69, 9.17) is 0 Å². The molecule has 0 bridgehead atoms. The van der Waals surface area contributed by atoms with Gasteiger partial charge in [-0.1, -0.05) is 59.7 Å². The van der Waals surface area contributed by atoms with Gasteiger partial charge in [-0.3, -0.25) is 5.01 Å². The second-order valence-corrected chi connectivity index (χ2v) is 13.4. The average molecular weight is 577 g/mol. The van der Waals surface area contributed by atoms with Crippen molar-refractivity contribution in [2.45, 2.75) is 36.3 Å². The van der Waals surface area contributed by atoms with Crippen LogP contribution >= 0.6 is 0 Å². The van der Waals surface area contributed by atoms with E-state index in [1.807, 2.05) is 13.8 Å². The maximum atomic E-state index is 14.8. The highest BCUT2D eigenvalue weighted by atomic mass is 32.2. The van der Waals surface area contributed by atoms with E-state index in [-0.39, 0.29) is 22.0 Å². The van der Waals surface area contributed by atoms with Crippen molar-refractivity contribution < 1.29 is 21.2 Å². The minimum absolute atomic E-state index is 0.0110. The van der Waals surface area contributed by atoms with E-state index in [1.54, 1.807) is 48.5 Å². The Labute approximate surface area is 232 Å². The lowest BCUT2D eigenvalue weighted by Gasteiger charge is -2.42. The highest BCUT2D eigenvalue weighted by Crippen LogP contribution is 2.46. The van der Waals surface area contributed by atoms with Crippen LogP contribution in [-0.4, -0.2) is 32.6 Å². The molecule has 0 N–H and O–H groups in total. The number of hydrazine groups is 1. The van der Waals surface area contributed by atoms with E-state index < -0.39 is 32.0 Å². The summed E-state index contributed by atoms with van der Waals surface area (Å²) in [5.41, 5.74) is 3.03. The fourth-order valence-corrected chi connectivity index (χ4v) is 7.95. The van der Waals surface area contributed by atoms with Gasteiger partial charge in [0.2, 0.25) is 0 Å². The molecule has 1 atom stereocenters. The van der Waals surface area contributed by atoms with E-state index in [0.717, 1.165) is 25.9 Å². The Bertz CT molecular complexity index is 1860. The molecule has 40 heavy (non-hydrogen) atoms. The molecule has 4 aromatic rings. The lowest BCUT2D eigenvalue weighted by Crippen LogP contribution is -2.52. The lowest BCUT2D eigenvalue weighted by atomic mass is 10.1. The molecule has 0 radical (unpaired) electrons. The Balaban J connectivity index is 1.64. The minimum Gasteiger partial charge on any atom is -0.253 e. The van der Waals surface area contributed by atoms with Gasteiger partial charge in [-0.25, -0.2) is 30.5 Å². The molecule has 11 heteroatoms. The van der Waals surface area contributed by atoms with Crippen LogP contribution < -0.4 is 4.31 Å². The summed E-state index contributed by atoms with van der Waals surface area (Å²) < 4.78 is 74.1. The topological polar surface area (TPSA) is 90.4 Å². The molecule has 0 unspecified atom stereocenters. The van der Waals surface area contributed by atoms with Crippen LogP contribution in [-0.2, 0) is 26.6 Å². The molecule has 0 saturated carbocycles. The maximum absolute atomic E-state index is 14.8. The molecular formula is C29H25FN4O4S2. The zero-order valence-corrected chi connectivity index (χ0v) is 23.3. The number of nitrogens with zero attached hydrogens (tertiary/aromatic N) is 4. The summed E-state index contributed by atoms with van der Waals surface area (Å²) >= 11 is 0. The van der Waals surface area contributed by atoms with Crippen molar-refractivity contribution >= 4 is 37.8 Å². The maximum Gasteiger partial charge on any atom is 0.266 e. The molecule has 8 nitrogen and oxygen atoms in total. The number of benzene rings is 4. The number of hydrogen-bond acceptors (Lipinski definition) is 6. The SMILES string of the molecule is Cc1ccc(S(=O)(=O)N2c3cc(F)ccc3CN(S(=O)(=O)c3ccc(C)cc3)N3C=Nc4ccccc4[C@H]32)cc1. The molecule has 204 valence electrons. The van der Waals surface area contributed by atoms with Gasteiger partial charge in [-0.15, -0.1) is 4.41 Å². The van der Waals surface area contributed by atoms with E-state index in [9.17, 15) is 21.2 Å². The number of halogens is 1. The first-order valence-corrected chi connectivity index (χ1v) is 15.4. The van der Waals surface area contributed by atoms with Crippen LogP contribution in [0.25, 0.3) is 0 Å². The number of aliphatic imine (C=N–C) groups is 1. The number of anilines is 1. The summed E-state index contributed by atoms with van der Waals surface area (Å²) in [6, 6.07) is 23.4. The molecule has 0 amide bonds. The van der Waals surface area contributed by atoms with E-state index >= 15 is 0 Å². The number of para-hydroxylation sites is 1. The summed E-state index contributed by atoms with van der Waals surface area (Å²) in [4.78, 5) is 4.49. The number of fused-ring (bicyclic) bond motifs is 4. The first kappa shape index (κ1) is 26.2. The summed E-state index contributed by atoms with van der Waals surface area (Å²) in [5.74, 6) is -0.651. The monoisotopic (exact) mass is 576 g/mol. The van der Waals surface area contributed by atoms with Gasteiger partial charge in [0.15, 0.2) is 6.17 Å². The zero-order chi connectivity index (χ0) is 28.2. The fraction of sp³-hybridized carbons (Fsp3) is 0.138. The molecule has 0 spiro atoms. The van der Waals surface area contributed by atoms with Gasteiger partial charge in [-0.2, -0.15) is 0 Å². The predicted molar refractivity (Wildman–Crippen MR) is 150 cm³/mol. The molecule has 2 aliphatic heterocycles. The quantitative estimate of drug-likeness (QED) is 0.323. The van der Waals surface area contributed by atoms with Crippen LogP contribution in [0.1, 0.15) is 28.4 Å². The van der Waals surface area contributed by atoms with Gasteiger partial charge in [0, 0.05) is 5.56 Å². The van der Waals surface area contributed by atoms with Crippen molar-refractivity contribution in [3.63, 3.8) is 0 Å². The summed E-state index contributed by atoms with van der Waals surface area (Å²) in [6.45, 7) is 3.44. The Morgan fingerprint density at radius 2 is 1.38 bits per heavy atom. The second kappa shape index (κ2) is 9.54. The van der Waals surface area contributed by atoms with Gasteiger partial charge >= 0.3 is 0 Å². The normalized spacial score (nSPS) is 17.1. The number of hydrogen-bond donors (Lipinski definition) is 0. The summed E-state index contributed by atoms with van der Waals surface area (Å²) in [6.07, 6.45) is 0.0989. The number of rotatable bonds is 4. The van der Waals surface area contributed by atoms with Gasteiger partial charge < -0.3 is 0 Å². The zero-order valence-electron chi connectivity index (χ0n) is 21.6. The molecule has 2 heterocycles. The van der Waals surface area contributed by atoms with Crippen LogP contribution in [0.4, 0.5) is 15.8 Å². The first-order valence-electron chi connectivity index (χ1n) is 12.5. The molecule has 0 fully saturated rings. The third kappa shape index (κ3) is 4.26. The lowest BCUT2D eigenvalue weighted by molar-refractivity contribution is 0.104. The average Bonchev–Trinajstić information content (AvgIpc) is 3.08. The smallest absolute Gasteiger partial charge is 0.253 e. The van der Waals surface area contributed by atoms with Crippen LogP contribution in [0.5, 0.6) is 0 Å². The fourth-order valence-electron chi connectivity index (χ4n) is 4.92.